The standard InChI is InChI=1S/C22H20N2O6S/c1-5-6-24-14-11-15-16(30-8-7-29-15)12-19(14)31-22(24)23-21(25)13-9-17(26-2)20(28-4)18(10-13)27-3/h1,9-12H,6-8H2,2-4H3. The quantitative estimate of drug-likeness (QED) is 0.568. The van der Waals surface area contributed by atoms with Gasteiger partial charge in [-0.15, -0.1) is 6.42 Å². The highest BCUT2D eigenvalue weighted by Crippen LogP contribution is 2.38. The van der Waals surface area contributed by atoms with Crippen LogP contribution in [0.2, 0.25) is 0 Å². The number of hydrogen-bond donors (Lipinski definition) is 0. The molecule has 2 aromatic carbocycles. The van der Waals surface area contributed by atoms with Crippen molar-refractivity contribution in [1.82, 2.24) is 4.57 Å². The van der Waals surface area contributed by atoms with Gasteiger partial charge in [-0.25, -0.2) is 0 Å². The van der Waals surface area contributed by atoms with Crippen LogP contribution in [0.1, 0.15) is 10.4 Å². The zero-order valence-electron chi connectivity index (χ0n) is 17.3. The third kappa shape index (κ3) is 3.78. The van der Waals surface area contributed by atoms with E-state index in [1.807, 2.05) is 12.1 Å². The molecule has 8 nitrogen and oxygen atoms in total. The maximum absolute atomic E-state index is 13.0. The number of amides is 1. The number of carbonyl (C=O) groups is 1. The van der Waals surface area contributed by atoms with E-state index in [-0.39, 0.29) is 6.54 Å². The summed E-state index contributed by atoms with van der Waals surface area (Å²) in [5, 5.41) is 0. The second kappa shape index (κ2) is 8.62. The van der Waals surface area contributed by atoms with E-state index in [9.17, 15) is 4.79 Å². The summed E-state index contributed by atoms with van der Waals surface area (Å²) in [6.45, 7) is 1.22. The average molecular weight is 440 g/mol. The van der Waals surface area contributed by atoms with E-state index in [1.54, 1.807) is 16.7 Å². The van der Waals surface area contributed by atoms with Gasteiger partial charge in [0.1, 0.15) is 13.2 Å². The summed E-state index contributed by atoms with van der Waals surface area (Å²) in [7, 11) is 4.47. The van der Waals surface area contributed by atoms with Gasteiger partial charge in [0.15, 0.2) is 27.8 Å². The number of hydrogen-bond acceptors (Lipinski definition) is 7. The number of aromatic nitrogens is 1. The van der Waals surface area contributed by atoms with Crippen molar-refractivity contribution in [3.8, 4) is 41.1 Å². The summed E-state index contributed by atoms with van der Waals surface area (Å²) in [5.74, 6) is 4.60. The molecule has 2 heterocycles. The molecule has 0 saturated carbocycles. The Labute approximate surface area is 182 Å². The highest BCUT2D eigenvalue weighted by Gasteiger charge is 2.19. The third-order valence-electron chi connectivity index (χ3n) is 4.70. The summed E-state index contributed by atoms with van der Waals surface area (Å²) in [5.41, 5.74) is 1.12. The van der Waals surface area contributed by atoms with Gasteiger partial charge in [0.2, 0.25) is 5.75 Å². The maximum atomic E-state index is 13.0. The first kappa shape index (κ1) is 20.6. The number of nitrogens with zero attached hydrogens (tertiary/aromatic N) is 2. The van der Waals surface area contributed by atoms with Crippen molar-refractivity contribution in [2.24, 2.45) is 4.99 Å². The summed E-state index contributed by atoms with van der Waals surface area (Å²) in [6.07, 6.45) is 5.57. The fraction of sp³-hybridized carbons (Fsp3) is 0.273. The minimum absolute atomic E-state index is 0.251. The van der Waals surface area contributed by atoms with E-state index in [0.717, 1.165) is 10.2 Å². The predicted octanol–water partition coefficient (Wildman–Crippen LogP) is 2.87. The van der Waals surface area contributed by atoms with Crippen LogP contribution in [0.5, 0.6) is 28.7 Å². The van der Waals surface area contributed by atoms with Crippen LogP contribution in [0, 0.1) is 12.3 Å². The van der Waals surface area contributed by atoms with Crippen LogP contribution in [-0.4, -0.2) is 45.0 Å². The highest BCUT2D eigenvalue weighted by atomic mass is 32.1. The summed E-state index contributed by atoms with van der Waals surface area (Å²) < 4.78 is 30.0. The van der Waals surface area contributed by atoms with Crippen molar-refractivity contribution in [3.05, 3.63) is 34.6 Å². The second-order valence-electron chi connectivity index (χ2n) is 6.47. The number of terminal acetylenes is 1. The first-order valence-corrected chi connectivity index (χ1v) is 10.2. The Hall–Kier alpha value is -3.64. The first-order valence-electron chi connectivity index (χ1n) is 9.35. The van der Waals surface area contributed by atoms with Crippen molar-refractivity contribution in [2.45, 2.75) is 6.54 Å². The number of carbonyl (C=O) groups excluding carboxylic acids is 1. The van der Waals surface area contributed by atoms with Crippen LogP contribution in [0.15, 0.2) is 29.3 Å². The molecule has 0 unspecified atom stereocenters. The molecular formula is C22H20N2O6S. The number of ether oxygens (including phenoxy) is 5. The molecule has 1 aromatic heterocycles. The van der Waals surface area contributed by atoms with E-state index < -0.39 is 5.91 Å². The second-order valence-corrected chi connectivity index (χ2v) is 7.48. The summed E-state index contributed by atoms with van der Waals surface area (Å²) in [6, 6.07) is 6.86. The zero-order valence-corrected chi connectivity index (χ0v) is 18.1. The van der Waals surface area contributed by atoms with Gasteiger partial charge in [-0.05, 0) is 12.1 Å². The largest absolute Gasteiger partial charge is 0.493 e. The Balaban J connectivity index is 1.84. The molecule has 9 heteroatoms. The number of benzene rings is 2. The van der Waals surface area contributed by atoms with Crippen LogP contribution in [0.3, 0.4) is 0 Å². The van der Waals surface area contributed by atoms with Crippen LogP contribution in [0.25, 0.3) is 10.2 Å². The zero-order chi connectivity index (χ0) is 22.0. The van der Waals surface area contributed by atoms with Gasteiger partial charge >= 0.3 is 0 Å². The lowest BCUT2D eigenvalue weighted by Crippen LogP contribution is -2.17. The molecule has 0 atom stereocenters. The molecule has 0 saturated heterocycles. The maximum Gasteiger partial charge on any atom is 0.279 e. The summed E-state index contributed by atoms with van der Waals surface area (Å²) in [4.78, 5) is 17.8. The molecule has 160 valence electrons. The molecule has 4 rings (SSSR count). The molecule has 1 amide bonds. The normalized spacial score (nSPS) is 13.0. The van der Waals surface area contributed by atoms with Gasteiger partial charge < -0.3 is 28.3 Å². The topological polar surface area (TPSA) is 80.5 Å². The van der Waals surface area contributed by atoms with Crippen molar-refractivity contribution in [1.29, 1.82) is 0 Å². The Bertz CT molecular complexity index is 1240. The smallest absolute Gasteiger partial charge is 0.279 e. The van der Waals surface area contributed by atoms with Gasteiger partial charge in [0.05, 0.1) is 38.1 Å². The number of rotatable bonds is 5. The number of methoxy groups -OCH3 is 3. The van der Waals surface area contributed by atoms with Gasteiger partial charge in [-0.1, -0.05) is 17.3 Å². The molecule has 0 N–H and O–H groups in total. The molecule has 1 aliphatic rings. The minimum Gasteiger partial charge on any atom is -0.493 e. The number of fused-ring (bicyclic) bond motifs is 2. The van der Waals surface area contributed by atoms with Gasteiger partial charge in [-0.2, -0.15) is 4.99 Å². The van der Waals surface area contributed by atoms with Gasteiger partial charge in [-0.3, -0.25) is 4.79 Å². The molecule has 0 aliphatic carbocycles. The van der Waals surface area contributed by atoms with Crippen LogP contribution >= 0.6 is 11.3 Å². The Morgan fingerprint density at radius 3 is 2.32 bits per heavy atom. The molecular weight excluding hydrogens is 420 g/mol. The van der Waals surface area contributed by atoms with Crippen LogP contribution in [0.4, 0.5) is 0 Å². The third-order valence-corrected chi connectivity index (χ3v) is 5.75. The van der Waals surface area contributed by atoms with Crippen molar-refractivity contribution < 1.29 is 28.5 Å². The predicted molar refractivity (Wildman–Crippen MR) is 116 cm³/mol. The molecule has 0 spiro atoms. The molecule has 0 bridgehead atoms. The fourth-order valence-electron chi connectivity index (χ4n) is 3.29. The Morgan fingerprint density at radius 2 is 1.74 bits per heavy atom. The minimum atomic E-state index is -0.464. The van der Waals surface area contributed by atoms with Crippen molar-refractivity contribution >= 4 is 27.5 Å². The van der Waals surface area contributed by atoms with Gasteiger partial charge in [0, 0.05) is 17.7 Å². The fourth-order valence-corrected chi connectivity index (χ4v) is 4.33. The average Bonchev–Trinajstić information content (AvgIpc) is 3.12. The molecule has 1 aliphatic heterocycles. The number of thiazole rings is 1. The Kier molecular flexibility index (Phi) is 5.73. The lowest BCUT2D eigenvalue weighted by Gasteiger charge is -2.18. The van der Waals surface area contributed by atoms with Crippen molar-refractivity contribution in [2.75, 3.05) is 34.5 Å². The van der Waals surface area contributed by atoms with Crippen LogP contribution < -0.4 is 28.5 Å². The van der Waals surface area contributed by atoms with E-state index in [0.29, 0.717) is 52.3 Å². The monoisotopic (exact) mass is 440 g/mol. The van der Waals surface area contributed by atoms with Gasteiger partial charge in [0.25, 0.3) is 5.91 Å². The first-order chi connectivity index (χ1) is 15.1. The molecule has 0 radical (unpaired) electrons. The SMILES string of the molecule is C#CCn1c(=NC(=O)c2cc(OC)c(OC)c(OC)c2)sc2cc3c(cc21)OCCO3. The lowest BCUT2D eigenvalue weighted by atomic mass is 10.1. The molecule has 3 aromatic rings. The highest BCUT2D eigenvalue weighted by molar-refractivity contribution is 7.16. The van der Waals surface area contributed by atoms with E-state index in [1.165, 1.54) is 32.7 Å². The van der Waals surface area contributed by atoms with E-state index in [4.69, 9.17) is 30.1 Å². The van der Waals surface area contributed by atoms with Crippen LogP contribution in [-0.2, 0) is 6.54 Å². The molecule has 0 fully saturated rings. The lowest BCUT2D eigenvalue weighted by molar-refractivity contribution is 0.0997. The van der Waals surface area contributed by atoms with E-state index >= 15 is 0 Å². The summed E-state index contributed by atoms with van der Waals surface area (Å²) >= 11 is 1.34. The van der Waals surface area contributed by atoms with Crippen molar-refractivity contribution in [3.63, 3.8) is 0 Å². The molecule has 31 heavy (non-hydrogen) atoms. The van der Waals surface area contributed by atoms with E-state index in [2.05, 4.69) is 10.9 Å². The Morgan fingerprint density at radius 1 is 1.10 bits per heavy atom.